The third-order valence-corrected chi connectivity index (χ3v) is 5.80. The van der Waals surface area contributed by atoms with E-state index in [1.165, 1.54) is 0 Å². The first-order chi connectivity index (χ1) is 16.5. The van der Waals surface area contributed by atoms with E-state index in [4.69, 9.17) is 4.74 Å². The lowest BCUT2D eigenvalue weighted by Gasteiger charge is -2.18. The number of fused-ring (bicyclic) bond motifs is 1. The quantitative estimate of drug-likeness (QED) is 0.330. The fourth-order valence-electron chi connectivity index (χ4n) is 3.96. The van der Waals surface area contributed by atoms with E-state index in [1.54, 1.807) is 18.2 Å². The van der Waals surface area contributed by atoms with Gasteiger partial charge in [0.2, 0.25) is 0 Å². The van der Waals surface area contributed by atoms with Gasteiger partial charge >= 0.3 is 6.61 Å². The summed E-state index contributed by atoms with van der Waals surface area (Å²) < 4.78 is 32.4. The minimum Gasteiger partial charge on any atom is -0.434 e. The van der Waals surface area contributed by atoms with Crippen LogP contribution in [0.5, 0.6) is 5.75 Å². The van der Waals surface area contributed by atoms with Gasteiger partial charge in [-0.15, -0.1) is 0 Å². The Kier molecular flexibility index (Phi) is 7.37. The number of aryl methyl sites for hydroxylation is 1. The maximum atomic E-state index is 12.9. The second-order valence-electron chi connectivity index (χ2n) is 8.12. The zero-order valence-corrected chi connectivity index (χ0v) is 19.6. The number of aromatic nitrogens is 3. The van der Waals surface area contributed by atoms with Crippen LogP contribution in [0.3, 0.4) is 0 Å². The lowest BCUT2D eigenvalue weighted by Crippen LogP contribution is -2.29. The molecule has 2 aromatic carbocycles. The summed E-state index contributed by atoms with van der Waals surface area (Å²) in [7, 11) is 2.03. The van der Waals surface area contributed by atoms with Crippen LogP contribution in [0.15, 0.2) is 60.8 Å². The molecule has 2 aromatic heterocycles. The molecule has 0 saturated carbocycles. The predicted octanol–water partition coefficient (Wildman–Crippen LogP) is 5.10. The van der Waals surface area contributed by atoms with Gasteiger partial charge in [-0.25, -0.2) is 9.97 Å². The Hall–Kier alpha value is -3.52. The number of alkyl halides is 2. The molecule has 0 radical (unpaired) electrons. The number of nitrogens with one attached hydrogen (secondary N) is 1. The van der Waals surface area contributed by atoms with E-state index in [9.17, 15) is 8.78 Å². The van der Waals surface area contributed by atoms with Crippen LogP contribution in [0.4, 0.5) is 14.6 Å². The largest absolute Gasteiger partial charge is 0.434 e. The molecular weight excluding hydrogens is 436 g/mol. The van der Waals surface area contributed by atoms with Crippen LogP contribution in [0.1, 0.15) is 18.3 Å². The predicted molar refractivity (Wildman–Crippen MR) is 132 cm³/mol. The summed E-state index contributed by atoms with van der Waals surface area (Å²) in [5.74, 6) is 1.89. The summed E-state index contributed by atoms with van der Waals surface area (Å²) in [6, 6.07) is 17.0. The molecule has 0 aliphatic heterocycles. The molecule has 0 aliphatic rings. The average Bonchev–Trinajstić information content (AvgIpc) is 3.14. The number of rotatable bonds is 10. The molecular formula is C26H29F2N5O. The van der Waals surface area contributed by atoms with Gasteiger partial charge < -0.3 is 19.5 Å². The number of hydrogen-bond acceptors (Lipinski definition) is 5. The summed E-state index contributed by atoms with van der Waals surface area (Å²) in [6.07, 6.45) is 1.87. The van der Waals surface area contributed by atoms with Crippen molar-refractivity contribution in [3.63, 3.8) is 0 Å². The molecule has 0 spiro atoms. The highest BCUT2D eigenvalue weighted by Gasteiger charge is 2.14. The number of ether oxygens (including phenoxy) is 1. The van der Waals surface area contributed by atoms with Crippen molar-refractivity contribution in [2.75, 3.05) is 31.6 Å². The zero-order valence-electron chi connectivity index (χ0n) is 19.6. The van der Waals surface area contributed by atoms with Crippen LogP contribution in [0.25, 0.3) is 22.2 Å². The monoisotopic (exact) mass is 465 g/mol. The topological polar surface area (TPSA) is 55.2 Å². The summed E-state index contributed by atoms with van der Waals surface area (Å²) in [5.41, 5.74) is 4.45. The van der Waals surface area contributed by atoms with Gasteiger partial charge in [0.05, 0.1) is 17.6 Å². The normalized spacial score (nSPS) is 11.4. The summed E-state index contributed by atoms with van der Waals surface area (Å²) in [6.45, 7) is 4.24. The van der Waals surface area contributed by atoms with Crippen molar-refractivity contribution in [3.8, 4) is 16.9 Å². The van der Waals surface area contributed by atoms with Gasteiger partial charge in [-0.2, -0.15) is 8.78 Å². The number of pyridine rings is 1. The van der Waals surface area contributed by atoms with Crippen LogP contribution >= 0.6 is 0 Å². The molecule has 34 heavy (non-hydrogen) atoms. The van der Waals surface area contributed by atoms with E-state index in [1.807, 2.05) is 49.0 Å². The third-order valence-electron chi connectivity index (χ3n) is 5.80. The Bertz CT molecular complexity index is 1240. The average molecular weight is 466 g/mol. The highest BCUT2D eigenvalue weighted by molar-refractivity contribution is 5.82. The number of para-hydroxylation sites is 1. The molecule has 4 rings (SSSR count). The van der Waals surface area contributed by atoms with E-state index in [0.29, 0.717) is 12.1 Å². The molecule has 0 unspecified atom stereocenters. The van der Waals surface area contributed by atoms with Crippen molar-refractivity contribution >= 4 is 16.9 Å². The Morgan fingerprint density at radius 1 is 1.09 bits per heavy atom. The number of benzene rings is 2. The number of anilines is 1. The van der Waals surface area contributed by atoms with Crippen molar-refractivity contribution in [1.29, 1.82) is 0 Å². The summed E-state index contributed by atoms with van der Waals surface area (Å²) >= 11 is 0. The van der Waals surface area contributed by atoms with Gasteiger partial charge in [-0.05, 0) is 49.4 Å². The van der Waals surface area contributed by atoms with Gasteiger partial charge in [0.25, 0.3) is 0 Å². The Morgan fingerprint density at radius 3 is 2.62 bits per heavy atom. The van der Waals surface area contributed by atoms with Gasteiger partial charge in [0.1, 0.15) is 17.4 Å². The molecule has 1 N–H and O–H groups in total. The fourth-order valence-corrected chi connectivity index (χ4v) is 3.96. The Balaban J connectivity index is 1.61. The first-order valence-corrected chi connectivity index (χ1v) is 11.3. The molecule has 4 aromatic rings. The fraction of sp³-hybridized carbons (Fsp3) is 0.308. The van der Waals surface area contributed by atoms with Crippen molar-refractivity contribution in [2.24, 2.45) is 0 Å². The van der Waals surface area contributed by atoms with Crippen molar-refractivity contribution in [3.05, 3.63) is 72.2 Å². The minimum absolute atomic E-state index is 0.174. The highest BCUT2D eigenvalue weighted by Crippen LogP contribution is 2.28. The molecule has 0 aliphatic carbocycles. The van der Waals surface area contributed by atoms with E-state index in [2.05, 4.69) is 39.2 Å². The molecule has 6 nitrogen and oxygen atoms in total. The van der Waals surface area contributed by atoms with Crippen LogP contribution in [-0.2, 0) is 6.54 Å². The Labute approximate surface area is 198 Å². The van der Waals surface area contributed by atoms with Crippen LogP contribution in [-0.4, -0.2) is 47.8 Å². The van der Waals surface area contributed by atoms with Gasteiger partial charge in [0, 0.05) is 37.5 Å². The number of halogens is 2. The number of likely N-dealkylation sites (N-methyl/N-ethyl adjacent to an activating group) is 2. The van der Waals surface area contributed by atoms with Gasteiger partial charge in [-0.1, -0.05) is 31.2 Å². The minimum atomic E-state index is -2.87. The molecule has 0 bridgehead atoms. The highest BCUT2D eigenvalue weighted by atomic mass is 19.3. The third kappa shape index (κ3) is 5.34. The standard InChI is InChI=1S/C26H29F2N5O/c1-4-29-13-14-32(3)25-12-10-20(16-30-25)19-9-11-22-23(15-19)33(18(2)31-22)17-21-7-5-6-8-24(21)34-26(27)28/h5-12,15-16,26,29H,4,13-14,17H2,1-3H3. The van der Waals surface area contributed by atoms with E-state index >= 15 is 0 Å². The maximum absolute atomic E-state index is 12.9. The number of hydrogen-bond donors (Lipinski definition) is 1. The van der Waals surface area contributed by atoms with E-state index in [0.717, 1.165) is 53.4 Å². The van der Waals surface area contributed by atoms with Crippen LogP contribution in [0.2, 0.25) is 0 Å². The summed E-state index contributed by atoms with van der Waals surface area (Å²) in [5, 5.41) is 3.32. The number of imidazole rings is 1. The van der Waals surface area contributed by atoms with Crippen molar-refractivity contribution in [1.82, 2.24) is 19.9 Å². The Morgan fingerprint density at radius 2 is 1.88 bits per heavy atom. The summed E-state index contributed by atoms with van der Waals surface area (Å²) in [4.78, 5) is 11.4. The first-order valence-electron chi connectivity index (χ1n) is 11.3. The second kappa shape index (κ2) is 10.6. The molecule has 178 valence electrons. The molecule has 0 fully saturated rings. The van der Waals surface area contributed by atoms with E-state index < -0.39 is 6.61 Å². The lowest BCUT2D eigenvalue weighted by atomic mass is 10.1. The first kappa shape index (κ1) is 23.6. The van der Waals surface area contributed by atoms with Gasteiger partial charge in [-0.3, -0.25) is 0 Å². The molecule has 8 heteroatoms. The lowest BCUT2D eigenvalue weighted by molar-refractivity contribution is -0.0504. The maximum Gasteiger partial charge on any atom is 0.387 e. The van der Waals surface area contributed by atoms with Crippen LogP contribution in [0, 0.1) is 6.92 Å². The SMILES string of the molecule is CCNCCN(C)c1ccc(-c2ccc3nc(C)n(Cc4ccccc4OC(F)F)c3c2)cn1. The molecule has 0 saturated heterocycles. The zero-order chi connectivity index (χ0) is 24.1. The smallest absolute Gasteiger partial charge is 0.387 e. The molecule has 0 amide bonds. The van der Waals surface area contributed by atoms with Gasteiger partial charge in [0.15, 0.2) is 0 Å². The van der Waals surface area contributed by atoms with E-state index in [-0.39, 0.29) is 5.75 Å². The van der Waals surface area contributed by atoms with Crippen molar-refractivity contribution in [2.45, 2.75) is 27.0 Å². The molecule has 2 heterocycles. The van der Waals surface area contributed by atoms with Crippen LogP contribution < -0.4 is 15.0 Å². The molecule has 0 atom stereocenters. The van der Waals surface area contributed by atoms with Crippen molar-refractivity contribution < 1.29 is 13.5 Å². The number of nitrogens with zero attached hydrogens (tertiary/aromatic N) is 4. The second-order valence-corrected chi connectivity index (χ2v) is 8.12.